The lowest BCUT2D eigenvalue weighted by molar-refractivity contribution is -0.146. The average molecular weight is 379 g/mol. The number of nitrogens with one attached hydrogen (secondary N) is 1. The first-order valence-corrected chi connectivity index (χ1v) is 9.18. The van der Waals surface area contributed by atoms with E-state index in [0.29, 0.717) is 39.6 Å². The molecular formula is C17H21N3O5S. The van der Waals surface area contributed by atoms with Crippen LogP contribution in [0.1, 0.15) is 34.9 Å². The van der Waals surface area contributed by atoms with Crippen molar-refractivity contribution >= 4 is 33.4 Å². The minimum Gasteiger partial charge on any atom is -0.451 e. The number of fused-ring (bicyclic) bond motifs is 1. The van der Waals surface area contributed by atoms with Crippen molar-refractivity contribution in [2.75, 3.05) is 19.7 Å². The Kier molecular flexibility index (Phi) is 5.10. The highest BCUT2D eigenvalue weighted by Gasteiger charge is 2.27. The molecule has 1 saturated heterocycles. The van der Waals surface area contributed by atoms with Gasteiger partial charge >= 0.3 is 5.97 Å². The average Bonchev–Trinajstić information content (AvgIpc) is 2.88. The van der Waals surface area contributed by atoms with Crippen LogP contribution in [0.2, 0.25) is 0 Å². The van der Waals surface area contributed by atoms with Crippen molar-refractivity contribution in [1.29, 1.82) is 0 Å². The molecule has 0 aromatic carbocycles. The third-order valence-electron chi connectivity index (χ3n) is 4.20. The van der Waals surface area contributed by atoms with Gasteiger partial charge in [0, 0.05) is 13.1 Å². The van der Waals surface area contributed by atoms with Crippen molar-refractivity contribution in [3.05, 3.63) is 26.6 Å². The Labute approximate surface area is 154 Å². The van der Waals surface area contributed by atoms with Crippen LogP contribution in [0.3, 0.4) is 0 Å². The minimum absolute atomic E-state index is 0.0516. The molecule has 1 aliphatic heterocycles. The second kappa shape index (κ2) is 7.16. The van der Waals surface area contributed by atoms with Crippen molar-refractivity contribution in [3.8, 4) is 0 Å². The number of amides is 1. The quantitative estimate of drug-likeness (QED) is 0.809. The number of hydrogen-bond acceptors (Lipinski definition) is 7. The zero-order chi connectivity index (χ0) is 19.0. The number of H-pyrrole nitrogens is 1. The number of nitrogens with zero attached hydrogens (tertiary/aromatic N) is 2. The maximum absolute atomic E-state index is 12.4. The van der Waals surface area contributed by atoms with Crippen LogP contribution in [0.4, 0.5) is 0 Å². The smallest absolute Gasteiger partial charge is 0.349 e. The molecule has 1 fully saturated rings. The van der Waals surface area contributed by atoms with E-state index in [9.17, 15) is 14.4 Å². The van der Waals surface area contributed by atoms with Gasteiger partial charge < -0.3 is 19.4 Å². The van der Waals surface area contributed by atoms with E-state index in [4.69, 9.17) is 9.47 Å². The van der Waals surface area contributed by atoms with Gasteiger partial charge in [-0.1, -0.05) is 0 Å². The predicted octanol–water partition coefficient (Wildman–Crippen LogP) is 1.39. The first kappa shape index (κ1) is 18.5. The van der Waals surface area contributed by atoms with E-state index < -0.39 is 5.97 Å². The molecule has 0 spiro atoms. The van der Waals surface area contributed by atoms with E-state index in [-0.39, 0.29) is 30.3 Å². The highest BCUT2D eigenvalue weighted by atomic mass is 32.1. The summed E-state index contributed by atoms with van der Waals surface area (Å²) >= 11 is 1.10. The van der Waals surface area contributed by atoms with Crippen LogP contribution in [-0.4, -0.2) is 58.6 Å². The van der Waals surface area contributed by atoms with Crippen molar-refractivity contribution in [2.45, 2.75) is 39.9 Å². The topological polar surface area (TPSA) is 102 Å². The molecular weight excluding hydrogens is 358 g/mol. The summed E-state index contributed by atoms with van der Waals surface area (Å²) in [4.78, 5) is 46.1. The summed E-state index contributed by atoms with van der Waals surface area (Å²) in [6.07, 6.45) is -0.103. The molecule has 0 radical (unpaired) electrons. The molecule has 3 heterocycles. The number of hydrogen-bond donors (Lipinski definition) is 1. The molecule has 2 atom stereocenters. The minimum atomic E-state index is -0.620. The zero-order valence-electron chi connectivity index (χ0n) is 15.1. The number of ether oxygens (including phenoxy) is 2. The lowest BCUT2D eigenvalue weighted by Crippen LogP contribution is -2.49. The second-order valence-corrected chi connectivity index (χ2v) is 7.52. The van der Waals surface area contributed by atoms with Crippen LogP contribution in [0.15, 0.2) is 4.79 Å². The molecule has 26 heavy (non-hydrogen) atoms. The highest BCUT2D eigenvalue weighted by Crippen LogP contribution is 2.27. The summed E-state index contributed by atoms with van der Waals surface area (Å²) < 4.78 is 10.8. The number of thiophene rings is 1. The second-order valence-electron chi connectivity index (χ2n) is 6.52. The largest absolute Gasteiger partial charge is 0.451 e. The first-order valence-electron chi connectivity index (χ1n) is 8.36. The summed E-state index contributed by atoms with van der Waals surface area (Å²) in [6.45, 7) is 7.76. The van der Waals surface area contributed by atoms with Crippen LogP contribution >= 0.6 is 11.3 Å². The molecule has 3 rings (SSSR count). The highest BCUT2D eigenvalue weighted by molar-refractivity contribution is 7.20. The van der Waals surface area contributed by atoms with Crippen molar-refractivity contribution < 1.29 is 19.1 Å². The predicted molar refractivity (Wildman–Crippen MR) is 96.6 cm³/mol. The number of carbonyl (C=O) groups is 2. The van der Waals surface area contributed by atoms with E-state index >= 15 is 0 Å². The molecule has 1 aliphatic rings. The first-order chi connectivity index (χ1) is 12.3. The number of aromatic amines is 1. The lowest BCUT2D eigenvalue weighted by atomic mass is 10.2. The molecule has 2 aromatic heterocycles. The van der Waals surface area contributed by atoms with Crippen LogP contribution in [0.5, 0.6) is 0 Å². The van der Waals surface area contributed by atoms with E-state index in [1.807, 2.05) is 13.8 Å². The summed E-state index contributed by atoms with van der Waals surface area (Å²) in [5.74, 6) is -0.398. The van der Waals surface area contributed by atoms with Crippen LogP contribution < -0.4 is 5.56 Å². The Bertz CT molecular complexity index is 909. The standard InChI is InChI=1S/C17H21N3O5S/c1-8-5-20(6-9(2)25-8)12(21)7-24-17(23)14-10(3)13-15(22)18-11(4)19-16(13)26-14/h8-9H,5-7H2,1-4H3,(H,18,19,22)/t8-,9-/m0/s1. The Morgan fingerprint density at radius 3 is 2.62 bits per heavy atom. The Hall–Kier alpha value is -2.26. The van der Waals surface area contributed by atoms with E-state index in [2.05, 4.69) is 9.97 Å². The fourth-order valence-electron chi connectivity index (χ4n) is 3.11. The van der Waals surface area contributed by atoms with Gasteiger partial charge in [0.1, 0.15) is 15.5 Å². The van der Waals surface area contributed by atoms with Crippen LogP contribution in [-0.2, 0) is 14.3 Å². The Morgan fingerprint density at radius 2 is 1.96 bits per heavy atom. The zero-order valence-corrected chi connectivity index (χ0v) is 15.9. The van der Waals surface area contributed by atoms with Gasteiger partial charge in [0.25, 0.3) is 11.5 Å². The molecule has 1 amide bonds. The van der Waals surface area contributed by atoms with Gasteiger partial charge in [-0.05, 0) is 33.3 Å². The van der Waals surface area contributed by atoms with Gasteiger partial charge in [0.15, 0.2) is 6.61 Å². The van der Waals surface area contributed by atoms with Gasteiger partial charge in [-0.25, -0.2) is 9.78 Å². The maximum Gasteiger partial charge on any atom is 0.349 e. The third kappa shape index (κ3) is 3.63. The third-order valence-corrected chi connectivity index (χ3v) is 5.37. The SMILES string of the molecule is Cc1nc2sc(C(=O)OCC(=O)N3C[C@H](C)O[C@@H](C)C3)c(C)c2c(=O)[nH]1. The number of rotatable bonds is 3. The summed E-state index contributed by atoms with van der Waals surface area (Å²) in [5, 5.41) is 0.384. The number of aromatic nitrogens is 2. The van der Waals surface area contributed by atoms with E-state index in [1.54, 1.807) is 18.7 Å². The molecule has 2 aromatic rings. The Morgan fingerprint density at radius 1 is 1.31 bits per heavy atom. The lowest BCUT2D eigenvalue weighted by Gasteiger charge is -2.35. The summed E-state index contributed by atoms with van der Waals surface area (Å²) in [5.41, 5.74) is 0.234. The van der Waals surface area contributed by atoms with Gasteiger partial charge in [0.05, 0.1) is 17.6 Å². The van der Waals surface area contributed by atoms with Crippen molar-refractivity contribution in [3.63, 3.8) is 0 Å². The molecule has 0 saturated carbocycles. The fourth-order valence-corrected chi connectivity index (χ4v) is 4.23. The summed E-state index contributed by atoms with van der Waals surface area (Å²) in [7, 11) is 0. The summed E-state index contributed by atoms with van der Waals surface area (Å²) in [6, 6.07) is 0. The van der Waals surface area contributed by atoms with Crippen molar-refractivity contribution in [1.82, 2.24) is 14.9 Å². The van der Waals surface area contributed by atoms with E-state index in [1.165, 1.54) is 0 Å². The van der Waals surface area contributed by atoms with E-state index in [0.717, 1.165) is 11.3 Å². The normalized spacial score (nSPS) is 20.4. The number of esters is 1. The molecule has 8 nitrogen and oxygen atoms in total. The van der Waals surface area contributed by atoms with Gasteiger partial charge in [-0.3, -0.25) is 9.59 Å². The number of aryl methyl sites for hydroxylation is 2. The monoisotopic (exact) mass is 379 g/mol. The molecule has 140 valence electrons. The molecule has 0 unspecified atom stereocenters. The number of carbonyl (C=O) groups excluding carboxylic acids is 2. The van der Waals surface area contributed by atoms with Crippen LogP contribution in [0.25, 0.3) is 10.2 Å². The van der Waals surface area contributed by atoms with Gasteiger partial charge in [0.2, 0.25) is 0 Å². The fraction of sp³-hybridized carbons (Fsp3) is 0.529. The van der Waals surface area contributed by atoms with Crippen molar-refractivity contribution in [2.24, 2.45) is 0 Å². The molecule has 0 bridgehead atoms. The van der Waals surface area contributed by atoms with Crippen LogP contribution in [0, 0.1) is 13.8 Å². The Balaban J connectivity index is 1.72. The number of morpholine rings is 1. The maximum atomic E-state index is 12.4. The van der Waals surface area contributed by atoms with Gasteiger partial charge in [-0.2, -0.15) is 0 Å². The molecule has 1 N–H and O–H groups in total. The molecule has 0 aliphatic carbocycles. The molecule has 9 heteroatoms. The van der Waals surface area contributed by atoms with Gasteiger partial charge in [-0.15, -0.1) is 11.3 Å².